The van der Waals surface area contributed by atoms with E-state index in [-0.39, 0.29) is 18.6 Å². The molecule has 0 aliphatic carbocycles. The number of nitrogens with one attached hydrogen (secondary N) is 1. The molecule has 0 aliphatic rings. The Morgan fingerprint density at radius 2 is 1.52 bits per heavy atom. The number of rotatable bonds is 7. The second kappa shape index (κ2) is 8.49. The van der Waals surface area contributed by atoms with Crippen LogP contribution in [-0.2, 0) is 9.53 Å². The Balaban J connectivity index is 2.09. The van der Waals surface area contributed by atoms with Gasteiger partial charge in [-0.15, -0.1) is 0 Å². The van der Waals surface area contributed by atoms with Crippen molar-refractivity contribution in [3.8, 4) is 0 Å². The zero-order valence-electron chi connectivity index (χ0n) is 11.7. The number of benzene rings is 2. The second-order valence-electron chi connectivity index (χ2n) is 4.59. The number of carbonyl (C=O) groups excluding carboxylic acids is 1. The van der Waals surface area contributed by atoms with E-state index in [2.05, 4.69) is 17.9 Å². The average molecular weight is 301 g/mol. The van der Waals surface area contributed by atoms with Gasteiger partial charge in [0.25, 0.3) is 0 Å². The van der Waals surface area contributed by atoms with Crippen molar-refractivity contribution >= 4 is 18.5 Å². The highest BCUT2D eigenvalue weighted by molar-refractivity contribution is 7.80. The lowest BCUT2D eigenvalue weighted by molar-refractivity contribution is -0.126. The van der Waals surface area contributed by atoms with E-state index in [1.807, 2.05) is 60.7 Å². The van der Waals surface area contributed by atoms with Gasteiger partial charge in [-0.25, -0.2) is 0 Å². The predicted molar refractivity (Wildman–Crippen MR) is 87.5 cm³/mol. The third kappa shape index (κ3) is 4.92. The Bertz CT molecular complexity index is 506. The van der Waals surface area contributed by atoms with Gasteiger partial charge < -0.3 is 10.1 Å². The summed E-state index contributed by atoms with van der Waals surface area (Å²) in [6.45, 7) is 0.578. The molecule has 110 valence electrons. The van der Waals surface area contributed by atoms with Gasteiger partial charge in [0.2, 0.25) is 5.91 Å². The predicted octanol–water partition coefficient (Wildman–Crippen LogP) is 2.84. The van der Waals surface area contributed by atoms with Crippen LogP contribution >= 0.6 is 12.6 Å². The standard InChI is InChI=1S/C17H19NO2S/c19-16(18-11-12-21)13-20-17(14-7-3-1-4-8-14)15-9-5-2-6-10-15/h1-10,17,21H,11-13H2,(H,18,19). The molecule has 0 bridgehead atoms. The number of carbonyl (C=O) groups is 1. The quantitative estimate of drug-likeness (QED) is 0.772. The minimum absolute atomic E-state index is 0.0300. The molecular weight excluding hydrogens is 282 g/mol. The minimum atomic E-state index is -0.242. The Labute approximate surface area is 130 Å². The van der Waals surface area contributed by atoms with Crippen molar-refractivity contribution in [1.82, 2.24) is 5.32 Å². The summed E-state index contributed by atoms with van der Waals surface area (Å²) in [5.41, 5.74) is 2.07. The average Bonchev–Trinajstić information content (AvgIpc) is 2.55. The Morgan fingerprint density at radius 1 is 1.00 bits per heavy atom. The van der Waals surface area contributed by atoms with Crippen molar-refractivity contribution in [3.63, 3.8) is 0 Å². The van der Waals surface area contributed by atoms with Gasteiger partial charge in [-0.3, -0.25) is 4.79 Å². The molecule has 0 saturated carbocycles. The van der Waals surface area contributed by atoms with Crippen molar-refractivity contribution in [2.75, 3.05) is 18.9 Å². The molecule has 0 heterocycles. The molecule has 0 aromatic heterocycles. The Morgan fingerprint density at radius 3 is 2.00 bits per heavy atom. The van der Waals surface area contributed by atoms with E-state index in [4.69, 9.17) is 4.74 Å². The summed E-state index contributed by atoms with van der Waals surface area (Å²) in [5.74, 6) is 0.493. The molecule has 0 radical (unpaired) electrons. The first-order valence-corrected chi connectivity index (χ1v) is 7.53. The SMILES string of the molecule is O=C(COC(c1ccccc1)c1ccccc1)NCCS. The maximum absolute atomic E-state index is 11.7. The zero-order chi connectivity index (χ0) is 14.9. The maximum Gasteiger partial charge on any atom is 0.246 e. The van der Waals surface area contributed by atoms with E-state index in [1.54, 1.807) is 0 Å². The molecule has 1 N–H and O–H groups in total. The van der Waals surface area contributed by atoms with Gasteiger partial charge in [-0.1, -0.05) is 60.7 Å². The summed E-state index contributed by atoms with van der Waals surface area (Å²) in [5, 5.41) is 2.75. The summed E-state index contributed by atoms with van der Waals surface area (Å²) in [4.78, 5) is 11.7. The third-order valence-corrected chi connectivity index (χ3v) is 3.24. The largest absolute Gasteiger partial charge is 0.359 e. The van der Waals surface area contributed by atoms with E-state index in [9.17, 15) is 4.79 Å². The van der Waals surface area contributed by atoms with Crippen molar-refractivity contribution in [2.45, 2.75) is 6.10 Å². The fourth-order valence-corrected chi connectivity index (χ4v) is 2.16. The van der Waals surface area contributed by atoms with Gasteiger partial charge in [0.1, 0.15) is 12.7 Å². The van der Waals surface area contributed by atoms with Crippen LogP contribution in [0.5, 0.6) is 0 Å². The van der Waals surface area contributed by atoms with Crippen LogP contribution < -0.4 is 5.32 Å². The normalized spacial score (nSPS) is 10.6. The lowest BCUT2D eigenvalue weighted by Gasteiger charge is -2.18. The molecule has 21 heavy (non-hydrogen) atoms. The lowest BCUT2D eigenvalue weighted by Crippen LogP contribution is -2.30. The molecule has 0 saturated heterocycles. The second-order valence-corrected chi connectivity index (χ2v) is 5.03. The van der Waals surface area contributed by atoms with Gasteiger partial charge in [0.05, 0.1) is 0 Å². The highest BCUT2D eigenvalue weighted by Gasteiger charge is 2.15. The summed E-state index contributed by atoms with van der Waals surface area (Å²) in [7, 11) is 0. The fraction of sp³-hybridized carbons (Fsp3) is 0.235. The van der Waals surface area contributed by atoms with Gasteiger partial charge in [0, 0.05) is 12.3 Å². The smallest absolute Gasteiger partial charge is 0.246 e. The number of thiol groups is 1. The molecule has 0 aliphatic heterocycles. The molecular formula is C17H19NO2S. The monoisotopic (exact) mass is 301 g/mol. The van der Waals surface area contributed by atoms with Crippen LogP contribution in [0.4, 0.5) is 0 Å². The van der Waals surface area contributed by atoms with Crippen LogP contribution in [0.25, 0.3) is 0 Å². The minimum Gasteiger partial charge on any atom is -0.359 e. The summed E-state index contributed by atoms with van der Waals surface area (Å²) < 4.78 is 5.84. The van der Waals surface area contributed by atoms with Gasteiger partial charge in [-0.2, -0.15) is 12.6 Å². The van der Waals surface area contributed by atoms with E-state index >= 15 is 0 Å². The van der Waals surface area contributed by atoms with E-state index in [0.717, 1.165) is 11.1 Å². The highest BCUT2D eigenvalue weighted by Crippen LogP contribution is 2.25. The van der Waals surface area contributed by atoms with Crippen LogP contribution in [0.1, 0.15) is 17.2 Å². The molecule has 0 atom stereocenters. The maximum atomic E-state index is 11.7. The van der Waals surface area contributed by atoms with Gasteiger partial charge in [-0.05, 0) is 11.1 Å². The van der Waals surface area contributed by atoms with Crippen LogP contribution in [0.15, 0.2) is 60.7 Å². The Hall–Kier alpha value is -1.78. The van der Waals surface area contributed by atoms with Crippen molar-refractivity contribution in [3.05, 3.63) is 71.8 Å². The van der Waals surface area contributed by atoms with Crippen molar-refractivity contribution in [2.24, 2.45) is 0 Å². The highest BCUT2D eigenvalue weighted by atomic mass is 32.1. The third-order valence-electron chi connectivity index (χ3n) is 3.02. The molecule has 3 nitrogen and oxygen atoms in total. The molecule has 0 spiro atoms. The number of hydrogen-bond donors (Lipinski definition) is 2. The molecule has 0 unspecified atom stereocenters. The Kier molecular flexibility index (Phi) is 6.31. The first kappa shape index (κ1) is 15.6. The fourth-order valence-electron chi connectivity index (χ4n) is 2.05. The van der Waals surface area contributed by atoms with Crippen LogP contribution in [0.2, 0.25) is 0 Å². The number of ether oxygens (including phenoxy) is 1. The summed E-state index contributed by atoms with van der Waals surface area (Å²) in [6.07, 6.45) is -0.242. The van der Waals surface area contributed by atoms with Crippen LogP contribution in [0.3, 0.4) is 0 Å². The first-order chi connectivity index (χ1) is 10.3. The number of amides is 1. The topological polar surface area (TPSA) is 38.3 Å². The summed E-state index contributed by atoms with van der Waals surface area (Å²) in [6, 6.07) is 19.8. The van der Waals surface area contributed by atoms with E-state index < -0.39 is 0 Å². The van der Waals surface area contributed by atoms with E-state index in [1.165, 1.54) is 0 Å². The summed E-state index contributed by atoms with van der Waals surface area (Å²) >= 11 is 4.06. The molecule has 2 rings (SSSR count). The van der Waals surface area contributed by atoms with Crippen LogP contribution in [0, 0.1) is 0 Å². The molecule has 2 aromatic carbocycles. The lowest BCUT2D eigenvalue weighted by atomic mass is 10.0. The van der Waals surface area contributed by atoms with Gasteiger partial charge >= 0.3 is 0 Å². The van der Waals surface area contributed by atoms with Crippen molar-refractivity contribution in [1.29, 1.82) is 0 Å². The number of hydrogen-bond acceptors (Lipinski definition) is 3. The zero-order valence-corrected chi connectivity index (χ0v) is 12.6. The first-order valence-electron chi connectivity index (χ1n) is 6.90. The molecule has 0 fully saturated rings. The van der Waals surface area contributed by atoms with Crippen LogP contribution in [-0.4, -0.2) is 24.8 Å². The molecule has 4 heteroatoms. The molecule has 1 amide bonds. The molecule has 2 aromatic rings. The van der Waals surface area contributed by atoms with Crippen molar-refractivity contribution < 1.29 is 9.53 Å². The van der Waals surface area contributed by atoms with E-state index in [0.29, 0.717) is 12.3 Å². The van der Waals surface area contributed by atoms with Gasteiger partial charge in [0.15, 0.2) is 0 Å².